The third kappa shape index (κ3) is 5.36. The van der Waals surface area contributed by atoms with Crippen LogP contribution in [0, 0.1) is 5.41 Å². The van der Waals surface area contributed by atoms with E-state index in [1.165, 1.54) is 0 Å². The molecule has 0 bridgehead atoms. The topological polar surface area (TPSA) is 58.6 Å². The molecule has 0 unspecified atom stereocenters. The lowest BCUT2D eigenvalue weighted by atomic mass is 9.92. The molecular formula is C18H26N2O3. The number of hydrogen-bond donors (Lipinski definition) is 1. The van der Waals surface area contributed by atoms with Crippen molar-refractivity contribution in [2.75, 3.05) is 26.3 Å². The molecule has 23 heavy (non-hydrogen) atoms. The van der Waals surface area contributed by atoms with Gasteiger partial charge in [-0.2, -0.15) is 0 Å². The molecule has 1 N–H and O–H groups in total. The van der Waals surface area contributed by atoms with Gasteiger partial charge in [-0.1, -0.05) is 51.1 Å². The smallest absolute Gasteiger partial charge is 0.242 e. The van der Waals surface area contributed by atoms with Gasteiger partial charge in [-0.3, -0.25) is 9.59 Å². The zero-order chi connectivity index (χ0) is 16.9. The number of nitrogens with zero attached hydrogens (tertiary/aromatic N) is 1. The van der Waals surface area contributed by atoms with E-state index in [1.807, 2.05) is 51.1 Å². The van der Waals surface area contributed by atoms with E-state index in [-0.39, 0.29) is 29.8 Å². The quantitative estimate of drug-likeness (QED) is 0.925. The Morgan fingerprint density at radius 3 is 2.61 bits per heavy atom. The van der Waals surface area contributed by atoms with E-state index in [1.54, 1.807) is 4.90 Å². The molecule has 126 valence electrons. The zero-order valence-electron chi connectivity index (χ0n) is 14.2. The highest BCUT2D eigenvalue weighted by atomic mass is 16.5. The third-order valence-corrected chi connectivity index (χ3v) is 3.76. The summed E-state index contributed by atoms with van der Waals surface area (Å²) in [5.74, 6) is -0.153. The number of carbonyl (C=O) groups excluding carboxylic acids is 2. The zero-order valence-corrected chi connectivity index (χ0v) is 14.2. The monoisotopic (exact) mass is 318 g/mol. The standard InChI is InChI=1S/C18H26N2O3/c1-18(2,3)11-16(21)19-12-17(22)20-9-10-23-13-15(20)14-7-5-4-6-8-14/h4-8,15H,9-13H2,1-3H3,(H,19,21)/t15-/m0/s1. The summed E-state index contributed by atoms with van der Waals surface area (Å²) in [6.45, 7) is 7.62. The molecule has 1 saturated heterocycles. The van der Waals surface area contributed by atoms with Crippen LogP contribution >= 0.6 is 0 Å². The van der Waals surface area contributed by atoms with Crippen molar-refractivity contribution < 1.29 is 14.3 Å². The Bertz CT molecular complexity index is 537. The minimum atomic E-state index is -0.0876. The summed E-state index contributed by atoms with van der Waals surface area (Å²) >= 11 is 0. The van der Waals surface area contributed by atoms with E-state index in [4.69, 9.17) is 4.74 Å². The Balaban J connectivity index is 1.95. The van der Waals surface area contributed by atoms with Gasteiger partial charge in [-0.25, -0.2) is 0 Å². The highest BCUT2D eigenvalue weighted by Crippen LogP contribution is 2.24. The Hall–Kier alpha value is -1.88. The lowest BCUT2D eigenvalue weighted by Gasteiger charge is -2.36. The van der Waals surface area contributed by atoms with Crippen molar-refractivity contribution >= 4 is 11.8 Å². The van der Waals surface area contributed by atoms with Crippen molar-refractivity contribution in [3.05, 3.63) is 35.9 Å². The van der Waals surface area contributed by atoms with Gasteiger partial charge >= 0.3 is 0 Å². The summed E-state index contributed by atoms with van der Waals surface area (Å²) in [6.07, 6.45) is 0.408. The van der Waals surface area contributed by atoms with Crippen LogP contribution in [0.15, 0.2) is 30.3 Å². The van der Waals surface area contributed by atoms with Crippen LogP contribution in [0.2, 0.25) is 0 Å². The molecule has 2 amide bonds. The molecule has 5 nitrogen and oxygen atoms in total. The normalized spacial score (nSPS) is 18.6. The number of nitrogens with one attached hydrogen (secondary N) is 1. The molecule has 1 aliphatic heterocycles. The van der Waals surface area contributed by atoms with Gasteiger partial charge < -0.3 is 15.0 Å². The molecule has 5 heteroatoms. The van der Waals surface area contributed by atoms with Crippen LogP contribution in [-0.4, -0.2) is 43.0 Å². The van der Waals surface area contributed by atoms with Gasteiger partial charge in [0, 0.05) is 13.0 Å². The summed E-state index contributed by atoms with van der Waals surface area (Å²) < 4.78 is 5.53. The van der Waals surface area contributed by atoms with Crippen molar-refractivity contribution in [1.82, 2.24) is 10.2 Å². The molecule has 2 rings (SSSR count). The van der Waals surface area contributed by atoms with Gasteiger partial charge in [0.25, 0.3) is 0 Å². The summed E-state index contributed by atoms with van der Waals surface area (Å²) in [4.78, 5) is 26.2. The highest BCUT2D eigenvalue weighted by molar-refractivity contribution is 5.85. The predicted molar refractivity (Wildman–Crippen MR) is 88.8 cm³/mol. The van der Waals surface area contributed by atoms with Crippen molar-refractivity contribution in [2.45, 2.75) is 33.2 Å². The van der Waals surface area contributed by atoms with Gasteiger partial charge in [0.05, 0.1) is 25.8 Å². The molecule has 0 radical (unpaired) electrons. The third-order valence-electron chi connectivity index (χ3n) is 3.76. The highest BCUT2D eigenvalue weighted by Gasteiger charge is 2.28. The second kappa shape index (κ2) is 7.59. The van der Waals surface area contributed by atoms with Crippen LogP contribution in [0.4, 0.5) is 0 Å². The lowest BCUT2D eigenvalue weighted by Crippen LogP contribution is -2.47. The average molecular weight is 318 g/mol. The van der Waals surface area contributed by atoms with Crippen molar-refractivity contribution in [1.29, 1.82) is 0 Å². The first kappa shape index (κ1) is 17.5. The fourth-order valence-corrected chi connectivity index (χ4v) is 2.67. The van der Waals surface area contributed by atoms with E-state index < -0.39 is 0 Å². The van der Waals surface area contributed by atoms with Gasteiger partial charge in [0.15, 0.2) is 0 Å². The maximum Gasteiger partial charge on any atom is 0.242 e. The fraction of sp³-hybridized carbons (Fsp3) is 0.556. The number of amides is 2. The van der Waals surface area contributed by atoms with Crippen LogP contribution in [0.3, 0.4) is 0 Å². The lowest BCUT2D eigenvalue weighted by molar-refractivity contribution is -0.140. The van der Waals surface area contributed by atoms with Crippen molar-refractivity contribution in [3.8, 4) is 0 Å². The van der Waals surface area contributed by atoms with E-state index in [0.29, 0.717) is 26.2 Å². The van der Waals surface area contributed by atoms with Gasteiger partial charge in [0.1, 0.15) is 0 Å². The van der Waals surface area contributed by atoms with Crippen LogP contribution in [-0.2, 0) is 14.3 Å². The summed E-state index contributed by atoms with van der Waals surface area (Å²) in [5.41, 5.74) is 0.972. The fourth-order valence-electron chi connectivity index (χ4n) is 2.67. The van der Waals surface area contributed by atoms with E-state index in [0.717, 1.165) is 5.56 Å². The molecule has 0 saturated carbocycles. The maximum absolute atomic E-state index is 12.5. The Kier molecular flexibility index (Phi) is 5.77. The largest absolute Gasteiger partial charge is 0.377 e. The van der Waals surface area contributed by atoms with Crippen LogP contribution in [0.5, 0.6) is 0 Å². The summed E-state index contributed by atoms with van der Waals surface area (Å²) in [7, 11) is 0. The van der Waals surface area contributed by atoms with Gasteiger partial charge in [0.2, 0.25) is 11.8 Å². The second-order valence-electron chi connectivity index (χ2n) is 7.10. The molecule has 0 spiro atoms. The minimum absolute atomic E-state index is 0.0399. The molecule has 1 aliphatic rings. The first-order valence-electron chi connectivity index (χ1n) is 8.06. The van der Waals surface area contributed by atoms with Crippen LogP contribution in [0.25, 0.3) is 0 Å². The number of ether oxygens (including phenoxy) is 1. The van der Waals surface area contributed by atoms with Crippen LogP contribution in [0.1, 0.15) is 38.8 Å². The number of rotatable bonds is 4. The van der Waals surface area contributed by atoms with Gasteiger partial charge in [-0.05, 0) is 11.0 Å². The Morgan fingerprint density at radius 1 is 1.26 bits per heavy atom. The van der Waals surface area contributed by atoms with Crippen molar-refractivity contribution in [2.24, 2.45) is 5.41 Å². The van der Waals surface area contributed by atoms with E-state index in [9.17, 15) is 9.59 Å². The summed E-state index contributed by atoms with van der Waals surface area (Å²) in [5, 5.41) is 2.74. The molecule has 1 aromatic rings. The second-order valence-corrected chi connectivity index (χ2v) is 7.10. The first-order valence-corrected chi connectivity index (χ1v) is 8.06. The number of carbonyl (C=O) groups is 2. The van der Waals surface area contributed by atoms with E-state index >= 15 is 0 Å². The predicted octanol–water partition coefficient (Wildman–Crippen LogP) is 2.14. The molecular weight excluding hydrogens is 292 g/mol. The molecule has 0 aromatic heterocycles. The molecule has 1 atom stereocenters. The van der Waals surface area contributed by atoms with E-state index in [2.05, 4.69) is 5.32 Å². The number of morpholine rings is 1. The number of benzene rings is 1. The minimum Gasteiger partial charge on any atom is -0.377 e. The Labute approximate surface area is 138 Å². The molecule has 1 aromatic carbocycles. The summed E-state index contributed by atoms with van der Waals surface area (Å²) in [6, 6.07) is 9.77. The van der Waals surface area contributed by atoms with Crippen molar-refractivity contribution in [3.63, 3.8) is 0 Å². The molecule has 1 heterocycles. The van der Waals surface area contributed by atoms with Gasteiger partial charge in [-0.15, -0.1) is 0 Å². The molecule has 1 fully saturated rings. The van der Waals surface area contributed by atoms with Crippen LogP contribution < -0.4 is 5.32 Å². The maximum atomic E-state index is 12.5. The molecule has 0 aliphatic carbocycles. The number of hydrogen-bond acceptors (Lipinski definition) is 3. The SMILES string of the molecule is CC(C)(C)CC(=O)NCC(=O)N1CCOC[C@H]1c1ccccc1. The first-order chi connectivity index (χ1) is 10.9. The Morgan fingerprint density at radius 2 is 1.96 bits per heavy atom. The average Bonchev–Trinajstić information content (AvgIpc) is 2.52.